The molecule has 3 nitrogen and oxygen atoms in total. The molecule has 0 amide bonds. The number of hydrogen-bond acceptors (Lipinski definition) is 3. The van der Waals surface area contributed by atoms with E-state index in [9.17, 15) is 0 Å². The Bertz CT molecular complexity index is 473. The number of rotatable bonds is 5. The van der Waals surface area contributed by atoms with Crippen LogP contribution in [-0.2, 0) is 11.3 Å². The van der Waals surface area contributed by atoms with E-state index < -0.39 is 0 Å². The summed E-state index contributed by atoms with van der Waals surface area (Å²) in [5.74, 6) is 0.554. The molecule has 1 unspecified atom stereocenters. The summed E-state index contributed by atoms with van der Waals surface area (Å²) in [6.07, 6.45) is 1.36. The Kier molecular flexibility index (Phi) is 4.73. The fourth-order valence-electron chi connectivity index (χ4n) is 1.42. The second kappa shape index (κ2) is 6.52. The van der Waals surface area contributed by atoms with Gasteiger partial charge in [0.05, 0.1) is 6.61 Å². The quantitative estimate of drug-likeness (QED) is 0.788. The summed E-state index contributed by atoms with van der Waals surface area (Å²) in [7, 11) is 0. The van der Waals surface area contributed by atoms with Crippen LogP contribution < -0.4 is 4.74 Å². The molecule has 0 aliphatic rings. The maximum Gasteiger partial charge on any atom is 0.215 e. The number of halogens is 1. The summed E-state index contributed by atoms with van der Waals surface area (Å²) in [5.41, 5.74) is 1.12. The molecule has 0 N–H and O–H groups in total. The van der Waals surface area contributed by atoms with Crippen molar-refractivity contribution in [3.8, 4) is 5.88 Å². The molecule has 0 aliphatic carbocycles. The summed E-state index contributed by atoms with van der Waals surface area (Å²) in [6.45, 7) is 2.38. The molecule has 0 fully saturated rings. The summed E-state index contributed by atoms with van der Waals surface area (Å²) in [6, 6.07) is 13.7. The van der Waals surface area contributed by atoms with Crippen molar-refractivity contribution in [1.29, 1.82) is 0 Å². The second-order valence-corrected chi connectivity index (χ2v) is 4.71. The van der Waals surface area contributed by atoms with Crippen molar-refractivity contribution < 1.29 is 9.47 Å². The molecule has 0 saturated heterocycles. The van der Waals surface area contributed by atoms with E-state index >= 15 is 0 Å². The Balaban J connectivity index is 1.82. The number of hydrogen-bond donors (Lipinski definition) is 0. The Labute approximate surface area is 115 Å². The highest BCUT2D eigenvalue weighted by Crippen LogP contribution is 2.14. The van der Waals surface area contributed by atoms with Gasteiger partial charge >= 0.3 is 0 Å². The highest BCUT2D eigenvalue weighted by molar-refractivity contribution is 9.10. The summed E-state index contributed by atoms with van der Waals surface area (Å²) in [4.78, 5) is 4.12. The van der Waals surface area contributed by atoms with Crippen molar-refractivity contribution in [2.75, 3.05) is 0 Å². The molecule has 0 radical (unpaired) electrons. The summed E-state index contributed by atoms with van der Waals surface area (Å²) in [5, 5.41) is 0. The molecule has 1 heterocycles. The first-order valence-corrected chi connectivity index (χ1v) is 6.47. The minimum Gasteiger partial charge on any atom is -0.448 e. The molecule has 2 aromatic rings. The van der Waals surface area contributed by atoms with Gasteiger partial charge in [-0.1, -0.05) is 30.3 Å². The monoisotopic (exact) mass is 307 g/mol. The van der Waals surface area contributed by atoms with E-state index in [0.717, 1.165) is 10.0 Å². The van der Waals surface area contributed by atoms with Gasteiger partial charge in [-0.15, -0.1) is 0 Å². The van der Waals surface area contributed by atoms with Gasteiger partial charge in [0.15, 0.2) is 6.29 Å². The fourth-order valence-corrected chi connectivity index (χ4v) is 1.66. The third kappa shape index (κ3) is 4.13. The first-order chi connectivity index (χ1) is 8.74. The van der Waals surface area contributed by atoms with Crippen LogP contribution in [0.1, 0.15) is 12.5 Å². The molecule has 0 spiro atoms. The van der Waals surface area contributed by atoms with Crippen LogP contribution in [0.5, 0.6) is 5.88 Å². The van der Waals surface area contributed by atoms with Gasteiger partial charge in [0.1, 0.15) is 0 Å². The molecule has 0 saturated carbocycles. The Morgan fingerprint density at radius 2 is 1.94 bits per heavy atom. The highest BCUT2D eigenvalue weighted by Gasteiger charge is 2.05. The lowest BCUT2D eigenvalue weighted by atomic mass is 10.2. The number of pyridine rings is 1. The average molecular weight is 308 g/mol. The zero-order chi connectivity index (χ0) is 12.8. The van der Waals surface area contributed by atoms with Gasteiger partial charge < -0.3 is 9.47 Å². The van der Waals surface area contributed by atoms with E-state index in [-0.39, 0.29) is 6.29 Å². The molecular formula is C14H14BrNO2. The van der Waals surface area contributed by atoms with Crippen LogP contribution in [0.2, 0.25) is 0 Å². The molecular weight excluding hydrogens is 294 g/mol. The van der Waals surface area contributed by atoms with Crippen LogP contribution in [0.4, 0.5) is 0 Å². The van der Waals surface area contributed by atoms with Gasteiger partial charge in [0.25, 0.3) is 0 Å². The number of ether oxygens (including phenoxy) is 2. The first kappa shape index (κ1) is 13.1. The summed E-state index contributed by atoms with van der Waals surface area (Å²) >= 11 is 3.32. The van der Waals surface area contributed by atoms with Crippen molar-refractivity contribution in [2.45, 2.75) is 19.8 Å². The van der Waals surface area contributed by atoms with Gasteiger partial charge in [0, 0.05) is 16.7 Å². The molecule has 1 aromatic heterocycles. The first-order valence-electron chi connectivity index (χ1n) is 5.68. The fraction of sp³-hybridized carbons (Fsp3) is 0.214. The smallest absolute Gasteiger partial charge is 0.215 e. The van der Waals surface area contributed by atoms with Crippen LogP contribution in [0.25, 0.3) is 0 Å². The predicted molar refractivity (Wildman–Crippen MR) is 73.3 cm³/mol. The highest BCUT2D eigenvalue weighted by atomic mass is 79.9. The molecule has 0 bridgehead atoms. The second-order valence-electron chi connectivity index (χ2n) is 3.80. The minimum atomic E-state index is -0.334. The lowest BCUT2D eigenvalue weighted by Crippen LogP contribution is -2.16. The molecule has 18 heavy (non-hydrogen) atoms. The normalized spacial score (nSPS) is 12.1. The van der Waals surface area contributed by atoms with E-state index in [4.69, 9.17) is 9.47 Å². The van der Waals surface area contributed by atoms with Crippen LogP contribution in [0, 0.1) is 0 Å². The molecule has 4 heteroatoms. The van der Waals surface area contributed by atoms with Gasteiger partial charge in [-0.3, -0.25) is 0 Å². The van der Waals surface area contributed by atoms with E-state index in [2.05, 4.69) is 20.9 Å². The Morgan fingerprint density at radius 1 is 1.17 bits per heavy atom. The van der Waals surface area contributed by atoms with Crippen molar-refractivity contribution >= 4 is 15.9 Å². The molecule has 2 rings (SSSR count). The van der Waals surface area contributed by atoms with E-state index in [1.54, 1.807) is 12.3 Å². The van der Waals surface area contributed by atoms with E-state index in [0.29, 0.717) is 12.5 Å². The van der Waals surface area contributed by atoms with Crippen LogP contribution >= 0.6 is 15.9 Å². The van der Waals surface area contributed by atoms with Gasteiger partial charge in [-0.05, 0) is 34.5 Å². The lowest BCUT2D eigenvalue weighted by molar-refractivity contribution is -0.0780. The number of benzene rings is 1. The molecule has 1 atom stereocenters. The third-order valence-corrected chi connectivity index (χ3v) is 2.78. The maximum atomic E-state index is 5.59. The van der Waals surface area contributed by atoms with E-state index in [1.807, 2.05) is 43.3 Å². The molecule has 0 aliphatic heterocycles. The topological polar surface area (TPSA) is 31.4 Å². The third-order valence-electron chi connectivity index (χ3n) is 2.31. The van der Waals surface area contributed by atoms with Gasteiger partial charge in [0.2, 0.25) is 5.88 Å². The molecule has 1 aromatic carbocycles. The van der Waals surface area contributed by atoms with Gasteiger partial charge in [-0.25, -0.2) is 4.98 Å². The lowest BCUT2D eigenvalue weighted by Gasteiger charge is -2.14. The SMILES string of the molecule is CC(OCc1ccccc1)Oc1ccc(Br)cn1. The molecule has 94 valence electrons. The van der Waals surface area contributed by atoms with E-state index in [1.165, 1.54) is 0 Å². The Hall–Kier alpha value is -1.39. The predicted octanol–water partition coefficient (Wildman–Crippen LogP) is 3.79. The standard InChI is InChI=1S/C14H14BrNO2/c1-11(17-10-12-5-3-2-4-6-12)18-14-8-7-13(15)9-16-14/h2-9,11H,10H2,1H3. The largest absolute Gasteiger partial charge is 0.448 e. The summed E-state index contributed by atoms with van der Waals surface area (Å²) < 4.78 is 12.0. The van der Waals surface area contributed by atoms with Crippen LogP contribution in [0.3, 0.4) is 0 Å². The average Bonchev–Trinajstić information content (AvgIpc) is 2.40. The van der Waals surface area contributed by atoms with Crippen molar-refractivity contribution in [3.63, 3.8) is 0 Å². The minimum absolute atomic E-state index is 0.334. The number of nitrogens with zero attached hydrogens (tertiary/aromatic N) is 1. The van der Waals surface area contributed by atoms with Crippen LogP contribution in [0.15, 0.2) is 53.1 Å². The maximum absolute atomic E-state index is 5.59. The van der Waals surface area contributed by atoms with Crippen molar-refractivity contribution in [2.24, 2.45) is 0 Å². The van der Waals surface area contributed by atoms with Crippen LogP contribution in [-0.4, -0.2) is 11.3 Å². The van der Waals surface area contributed by atoms with Gasteiger partial charge in [-0.2, -0.15) is 0 Å². The zero-order valence-electron chi connectivity index (χ0n) is 10.0. The van der Waals surface area contributed by atoms with Crippen molar-refractivity contribution in [1.82, 2.24) is 4.98 Å². The van der Waals surface area contributed by atoms with Crippen molar-refractivity contribution in [3.05, 3.63) is 58.7 Å². The zero-order valence-corrected chi connectivity index (χ0v) is 11.6. The Morgan fingerprint density at radius 3 is 2.61 bits per heavy atom. The number of aromatic nitrogens is 1.